The summed E-state index contributed by atoms with van der Waals surface area (Å²) in [4.78, 5) is 0. The van der Waals surface area contributed by atoms with Crippen molar-refractivity contribution in [1.82, 2.24) is 0 Å². The monoisotopic (exact) mass is 221 g/mol. The molecule has 0 unspecified atom stereocenters. The fourth-order valence-electron chi connectivity index (χ4n) is 2.23. The predicted octanol–water partition coefficient (Wildman–Crippen LogP) is 2.48. The molecule has 0 saturated heterocycles. The summed E-state index contributed by atoms with van der Waals surface area (Å²) in [6.07, 6.45) is 5.21. The largest absolute Gasteiger partial charge is 0.496 e. The predicted molar refractivity (Wildman–Crippen MR) is 63.8 cm³/mol. The molecule has 1 aliphatic carbocycles. The number of ether oxygens (including phenoxy) is 2. The van der Waals surface area contributed by atoms with Crippen LogP contribution in [0.25, 0.3) is 0 Å². The van der Waals surface area contributed by atoms with E-state index in [2.05, 4.69) is 0 Å². The van der Waals surface area contributed by atoms with E-state index >= 15 is 0 Å². The Balaban J connectivity index is 2.18. The highest BCUT2D eigenvalue weighted by molar-refractivity contribution is 5.44. The highest BCUT2D eigenvalue weighted by Gasteiger charge is 2.18. The molecule has 0 atom stereocenters. The molecule has 0 bridgehead atoms. The molecule has 2 rings (SSSR count). The number of rotatable bonds is 4. The lowest BCUT2D eigenvalue weighted by molar-refractivity contribution is 0.207. The first-order valence-electron chi connectivity index (χ1n) is 5.87. The minimum Gasteiger partial charge on any atom is -0.496 e. The van der Waals surface area contributed by atoms with Gasteiger partial charge in [0.15, 0.2) is 0 Å². The smallest absolute Gasteiger partial charge is 0.127 e. The molecule has 2 N–H and O–H groups in total. The van der Waals surface area contributed by atoms with Gasteiger partial charge in [0.25, 0.3) is 0 Å². The van der Waals surface area contributed by atoms with E-state index in [1.54, 1.807) is 7.11 Å². The normalized spacial score (nSPS) is 16.4. The van der Waals surface area contributed by atoms with Crippen molar-refractivity contribution in [2.24, 2.45) is 5.73 Å². The van der Waals surface area contributed by atoms with Gasteiger partial charge in [-0.25, -0.2) is 0 Å². The first-order valence-corrected chi connectivity index (χ1v) is 5.87. The molecule has 0 aromatic heterocycles. The van der Waals surface area contributed by atoms with Gasteiger partial charge in [-0.05, 0) is 37.8 Å². The second kappa shape index (κ2) is 5.21. The lowest BCUT2D eigenvalue weighted by atomic mass is 10.1. The van der Waals surface area contributed by atoms with Crippen molar-refractivity contribution in [3.8, 4) is 11.5 Å². The maximum absolute atomic E-state index is 5.98. The highest BCUT2D eigenvalue weighted by Crippen LogP contribution is 2.31. The van der Waals surface area contributed by atoms with Crippen LogP contribution in [0.4, 0.5) is 0 Å². The maximum Gasteiger partial charge on any atom is 0.127 e. The molecule has 0 aliphatic heterocycles. The Morgan fingerprint density at radius 3 is 2.56 bits per heavy atom. The fraction of sp³-hybridized carbons (Fsp3) is 0.538. The van der Waals surface area contributed by atoms with Gasteiger partial charge in [-0.2, -0.15) is 0 Å². The first kappa shape index (κ1) is 11.3. The summed E-state index contributed by atoms with van der Waals surface area (Å²) in [7, 11) is 1.66. The molecule has 3 nitrogen and oxygen atoms in total. The average molecular weight is 221 g/mol. The Morgan fingerprint density at radius 1 is 1.25 bits per heavy atom. The molecule has 0 amide bonds. The lowest BCUT2D eigenvalue weighted by Crippen LogP contribution is -2.13. The van der Waals surface area contributed by atoms with E-state index in [-0.39, 0.29) is 0 Å². The molecule has 16 heavy (non-hydrogen) atoms. The molecule has 88 valence electrons. The van der Waals surface area contributed by atoms with Gasteiger partial charge in [-0.15, -0.1) is 0 Å². The molecule has 1 aromatic rings. The number of benzene rings is 1. The Bertz CT molecular complexity index is 346. The van der Waals surface area contributed by atoms with E-state index in [9.17, 15) is 0 Å². The van der Waals surface area contributed by atoms with Crippen LogP contribution in [0.3, 0.4) is 0 Å². The van der Waals surface area contributed by atoms with Gasteiger partial charge < -0.3 is 15.2 Å². The third-order valence-corrected chi connectivity index (χ3v) is 3.11. The van der Waals surface area contributed by atoms with Crippen molar-refractivity contribution in [2.75, 3.05) is 7.11 Å². The van der Waals surface area contributed by atoms with E-state index in [0.29, 0.717) is 12.6 Å². The zero-order valence-corrected chi connectivity index (χ0v) is 9.74. The Hall–Kier alpha value is -1.22. The highest BCUT2D eigenvalue weighted by atomic mass is 16.5. The maximum atomic E-state index is 5.98. The molecule has 0 radical (unpaired) electrons. The van der Waals surface area contributed by atoms with Crippen LogP contribution < -0.4 is 15.2 Å². The second-order valence-electron chi connectivity index (χ2n) is 4.17. The van der Waals surface area contributed by atoms with Crippen LogP contribution in [0.2, 0.25) is 0 Å². The lowest BCUT2D eigenvalue weighted by Gasteiger charge is -2.17. The van der Waals surface area contributed by atoms with Gasteiger partial charge >= 0.3 is 0 Å². The summed E-state index contributed by atoms with van der Waals surface area (Å²) in [6, 6.07) is 5.84. The summed E-state index contributed by atoms with van der Waals surface area (Å²) in [6.45, 7) is 0.450. The summed E-state index contributed by atoms with van der Waals surface area (Å²) in [5, 5.41) is 0. The van der Waals surface area contributed by atoms with Gasteiger partial charge in [-0.1, -0.05) is 6.07 Å². The van der Waals surface area contributed by atoms with Gasteiger partial charge in [0.1, 0.15) is 11.5 Å². The zero-order chi connectivity index (χ0) is 11.4. The SMILES string of the molecule is COc1cccc(OC2CCCC2)c1CN. The van der Waals surface area contributed by atoms with Crippen LogP contribution >= 0.6 is 0 Å². The van der Waals surface area contributed by atoms with Crippen LogP contribution in [0.5, 0.6) is 11.5 Å². The Morgan fingerprint density at radius 2 is 1.94 bits per heavy atom. The number of nitrogens with two attached hydrogens (primary N) is 1. The van der Waals surface area contributed by atoms with Crippen molar-refractivity contribution in [3.63, 3.8) is 0 Å². The van der Waals surface area contributed by atoms with Crippen molar-refractivity contribution >= 4 is 0 Å². The molecule has 3 heteroatoms. The summed E-state index contributed by atoms with van der Waals surface area (Å²) in [5.74, 6) is 1.70. The molecular formula is C13H19NO2. The molecule has 1 saturated carbocycles. The minimum atomic E-state index is 0.359. The van der Waals surface area contributed by atoms with Crippen LogP contribution in [0.15, 0.2) is 18.2 Å². The third kappa shape index (κ3) is 2.30. The number of hydrogen-bond acceptors (Lipinski definition) is 3. The van der Waals surface area contributed by atoms with E-state index in [0.717, 1.165) is 29.9 Å². The van der Waals surface area contributed by atoms with Gasteiger partial charge in [0.05, 0.1) is 13.2 Å². The van der Waals surface area contributed by atoms with Crippen molar-refractivity contribution in [3.05, 3.63) is 23.8 Å². The van der Waals surface area contributed by atoms with E-state index < -0.39 is 0 Å². The summed E-state index contributed by atoms with van der Waals surface area (Å²) < 4.78 is 11.3. The van der Waals surface area contributed by atoms with Gasteiger partial charge in [0.2, 0.25) is 0 Å². The molecule has 1 fully saturated rings. The number of hydrogen-bond donors (Lipinski definition) is 1. The molecule has 0 heterocycles. The number of methoxy groups -OCH3 is 1. The topological polar surface area (TPSA) is 44.5 Å². The Labute approximate surface area is 96.5 Å². The summed E-state index contributed by atoms with van der Waals surface area (Å²) in [5.41, 5.74) is 6.71. The van der Waals surface area contributed by atoms with E-state index in [1.807, 2.05) is 18.2 Å². The summed E-state index contributed by atoms with van der Waals surface area (Å²) >= 11 is 0. The quantitative estimate of drug-likeness (QED) is 0.849. The molecule has 0 spiro atoms. The second-order valence-corrected chi connectivity index (χ2v) is 4.17. The van der Waals surface area contributed by atoms with Crippen molar-refractivity contribution < 1.29 is 9.47 Å². The van der Waals surface area contributed by atoms with Crippen molar-refractivity contribution in [2.45, 2.75) is 38.3 Å². The van der Waals surface area contributed by atoms with Crippen LogP contribution in [-0.2, 0) is 6.54 Å². The first-order chi connectivity index (χ1) is 7.85. The zero-order valence-electron chi connectivity index (χ0n) is 9.74. The van der Waals surface area contributed by atoms with Gasteiger partial charge in [-0.3, -0.25) is 0 Å². The molecule has 1 aliphatic rings. The van der Waals surface area contributed by atoms with E-state index in [4.69, 9.17) is 15.2 Å². The van der Waals surface area contributed by atoms with Crippen molar-refractivity contribution in [1.29, 1.82) is 0 Å². The fourth-order valence-corrected chi connectivity index (χ4v) is 2.23. The standard InChI is InChI=1S/C13H19NO2/c1-15-12-7-4-8-13(11(12)9-14)16-10-5-2-3-6-10/h4,7-8,10H,2-3,5-6,9,14H2,1H3. The van der Waals surface area contributed by atoms with Crippen LogP contribution in [-0.4, -0.2) is 13.2 Å². The minimum absolute atomic E-state index is 0.359. The molecule has 1 aromatic carbocycles. The van der Waals surface area contributed by atoms with E-state index in [1.165, 1.54) is 12.8 Å². The average Bonchev–Trinajstić information content (AvgIpc) is 2.81. The molecular weight excluding hydrogens is 202 g/mol. The Kier molecular flexibility index (Phi) is 3.67. The third-order valence-electron chi connectivity index (χ3n) is 3.11. The van der Waals surface area contributed by atoms with Crippen LogP contribution in [0.1, 0.15) is 31.2 Å². The van der Waals surface area contributed by atoms with Crippen LogP contribution in [0, 0.1) is 0 Å². The van der Waals surface area contributed by atoms with Gasteiger partial charge in [0, 0.05) is 12.1 Å².